The number of carboxylic acids is 1. The van der Waals surface area contributed by atoms with Gasteiger partial charge >= 0.3 is 5.97 Å². The Labute approximate surface area is 98.0 Å². The molecule has 4 nitrogen and oxygen atoms in total. The van der Waals surface area contributed by atoms with E-state index in [-0.39, 0.29) is 12.5 Å². The molecule has 1 aliphatic heterocycles. The van der Waals surface area contributed by atoms with E-state index < -0.39 is 5.97 Å². The van der Waals surface area contributed by atoms with Crippen LogP contribution >= 0.6 is 0 Å². The average Bonchev–Trinajstić information content (AvgIpc) is 2.31. The van der Waals surface area contributed by atoms with E-state index in [2.05, 4.69) is 31.0 Å². The van der Waals surface area contributed by atoms with Crippen molar-refractivity contribution in [2.24, 2.45) is 5.92 Å². The predicted molar refractivity (Wildman–Crippen MR) is 64.5 cm³/mol. The van der Waals surface area contributed by atoms with Gasteiger partial charge in [0.1, 0.15) is 0 Å². The second-order valence-corrected chi connectivity index (χ2v) is 5.18. The Kier molecular flexibility index (Phi) is 5.22. The van der Waals surface area contributed by atoms with Crippen molar-refractivity contribution in [2.45, 2.75) is 45.7 Å². The van der Waals surface area contributed by atoms with Crippen molar-refractivity contribution in [3.63, 3.8) is 0 Å². The van der Waals surface area contributed by atoms with Gasteiger partial charge in [0.05, 0.1) is 6.42 Å². The topological polar surface area (TPSA) is 52.6 Å². The molecule has 1 heterocycles. The first kappa shape index (κ1) is 13.5. The standard InChI is InChI=1S/C12H24N2O2/c1-9(2)8-14-10(3)4-5-13-7-11(14)6-12(15)16/h9-11,13H,4-8H2,1-3H3,(H,15,16). The lowest BCUT2D eigenvalue weighted by atomic mass is 10.1. The third kappa shape index (κ3) is 4.10. The molecule has 0 aromatic heterocycles. The first-order chi connectivity index (χ1) is 7.50. The first-order valence-electron chi connectivity index (χ1n) is 6.19. The SMILES string of the molecule is CC(C)CN1C(C)CCNCC1CC(=O)O. The molecule has 1 fully saturated rings. The molecule has 0 radical (unpaired) electrons. The van der Waals surface area contributed by atoms with Gasteiger partial charge in [0.25, 0.3) is 0 Å². The molecular weight excluding hydrogens is 204 g/mol. The normalized spacial score (nSPS) is 28.0. The summed E-state index contributed by atoms with van der Waals surface area (Å²) in [7, 11) is 0. The van der Waals surface area contributed by atoms with Crippen LogP contribution in [0.15, 0.2) is 0 Å². The number of hydrogen-bond donors (Lipinski definition) is 2. The minimum atomic E-state index is -0.699. The summed E-state index contributed by atoms with van der Waals surface area (Å²) in [5, 5.41) is 12.3. The molecule has 0 aromatic rings. The van der Waals surface area contributed by atoms with Crippen molar-refractivity contribution >= 4 is 5.97 Å². The molecule has 0 spiro atoms. The highest BCUT2D eigenvalue weighted by Crippen LogP contribution is 2.16. The monoisotopic (exact) mass is 228 g/mol. The molecule has 0 bridgehead atoms. The fourth-order valence-corrected chi connectivity index (χ4v) is 2.36. The zero-order valence-electron chi connectivity index (χ0n) is 10.6. The van der Waals surface area contributed by atoms with Crippen LogP contribution in [0.3, 0.4) is 0 Å². The minimum absolute atomic E-state index is 0.136. The van der Waals surface area contributed by atoms with Gasteiger partial charge in [-0.3, -0.25) is 9.69 Å². The summed E-state index contributed by atoms with van der Waals surface area (Å²) in [6.07, 6.45) is 1.34. The number of nitrogens with one attached hydrogen (secondary N) is 1. The van der Waals surface area contributed by atoms with Crippen molar-refractivity contribution in [3.05, 3.63) is 0 Å². The van der Waals surface area contributed by atoms with Gasteiger partial charge in [-0.25, -0.2) is 0 Å². The van der Waals surface area contributed by atoms with Crippen molar-refractivity contribution in [3.8, 4) is 0 Å². The molecular formula is C12H24N2O2. The van der Waals surface area contributed by atoms with E-state index in [0.717, 1.165) is 26.1 Å². The molecule has 0 saturated carbocycles. The predicted octanol–water partition coefficient (Wildman–Crippen LogP) is 1.17. The highest BCUT2D eigenvalue weighted by Gasteiger charge is 2.27. The van der Waals surface area contributed by atoms with Crippen molar-refractivity contribution in [1.82, 2.24) is 10.2 Å². The van der Waals surface area contributed by atoms with E-state index in [1.807, 2.05) is 0 Å². The maximum Gasteiger partial charge on any atom is 0.304 e. The summed E-state index contributed by atoms with van der Waals surface area (Å²) >= 11 is 0. The van der Waals surface area contributed by atoms with Crippen LogP contribution in [-0.4, -0.2) is 47.7 Å². The van der Waals surface area contributed by atoms with E-state index in [1.54, 1.807) is 0 Å². The van der Waals surface area contributed by atoms with Crippen LogP contribution in [0.5, 0.6) is 0 Å². The van der Waals surface area contributed by atoms with E-state index in [9.17, 15) is 4.79 Å². The van der Waals surface area contributed by atoms with Gasteiger partial charge in [-0.2, -0.15) is 0 Å². The third-order valence-corrected chi connectivity index (χ3v) is 3.14. The largest absolute Gasteiger partial charge is 0.481 e. The summed E-state index contributed by atoms with van der Waals surface area (Å²) in [5.41, 5.74) is 0. The third-order valence-electron chi connectivity index (χ3n) is 3.14. The van der Waals surface area contributed by atoms with Crippen LogP contribution in [0, 0.1) is 5.92 Å². The summed E-state index contributed by atoms with van der Waals surface area (Å²) in [6, 6.07) is 0.610. The molecule has 4 heteroatoms. The van der Waals surface area contributed by atoms with Crippen LogP contribution in [-0.2, 0) is 4.79 Å². The fraction of sp³-hybridized carbons (Fsp3) is 0.917. The first-order valence-corrected chi connectivity index (χ1v) is 6.19. The lowest BCUT2D eigenvalue weighted by Gasteiger charge is -2.34. The van der Waals surface area contributed by atoms with Gasteiger partial charge < -0.3 is 10.4 Å². The number of carboxylic acid groups (broad SMARTS) is 1. The maximum atomic E-state index is 10.9. The van der Waals surface area contributed by atoms with Crippen LogP contribution < -0.4 is 5.32 Å². The molecule has 0 amide bonds. The van der Waals surface area contributed by atoms with Crippen LogP contribution in [0.25, 0.3) is 0 Å². The highest BCUT2D eigenvalue weighted by atomic mass is 16.4. The van der Waals surface area contributed by atoms with E-state index in [0.29, 0.717) is 12.0 Å². The van der Waals surface area contributed by atoms with Gasteiger partial charge in [0.2, 0.25) is 0 Å². The fourth-order valence-electron chi connectivity index (χ4n) is 2.36. The van der Waals surface area contributed by atoms with Gasteiger partial charge in [-0.05, 0) is 25.8 Å². The van der Waals surface area contributed by atoms with Gasteiger partial charge in [0, 0.05) is 25.2 Å². The van der Waals surface area contributed by atoms with Crippen LogP contribution in [0.1, 0.15) is 33.6 Å². The lowest BCUT2D eigenvalue weighted by Crippen LogP contribution is -2.46. The summed E-state index contributed by atoms with van der Waals surface area (Å²) < 4.78 is 0. The Hall–Kier alpha value is -0.610. The molecule has 1 saturated heterocycles. The molecule has 1 aliphatic rings. The lowest BCUT2D eigenvalue weighted by molar-refractivity contribution is -0.138. The van der Waals surface area contributed by atoms with E-state index in [4.69, 9.17) is 5.11 Å². The summed E-state index contributed by atoms with van der Waals surface area (Å²) in [5.74, 6) is -0.119. The van der Waals surface area contributed by atoms with Gasteiger partial charge in [-0.1, -0.05) is 13.8 Å². The van der Waals surface area contributed by atoms with Gasteiger partial charge in [-0.15, -0.1) is 0 Å². The van der Waals surface area contributed by atoms with Crippen molar-refractivity contribution in [1.29, 1.82) is 0 Å². The molecule has 2 unspecified atom stereocenters. The second-order valence-electron chi connectivity index (χ2n) is 5.18. The zero-order valence-corrected chi connectivity index (χ0v) is 10.6. The number of nitrogens with zero attached hydrogens (tertiary/aromatic N) is 1. The summed E-state index contributed by atoms with van der Waals surface area (Å²) in [6.45, 7) is 9.34. The van der Waals surface area contributed by atoms with Crippen LogP contribution in [0.2, 0.25) is 0 Å². The summed E-state index contributed by atoms with van der Waals surface area (Å²) in [4.78, 5) is 13.2. The molecule has 2 N–H and O–H groups in total. The smallest absolute Gasteiger partial charge is 0.304 e. The quantitative estimate of drug-likeness (QED) is 0.758. The molecule has 94 valence electrons. The Morgan fingerprint density at radius 2 is 2.25 bits per heavy atom. The average molecular weight is 228 g/mol. The Bertz CT molecular complexity index is 231. The Morgan fingerprint density at radius 1 is 1.56 bits per heavy atom. The van der Waals surface area contributed by atoms with Crippen molar-refractivity contribution in [2.75, 3.05) is 19.6 Å². The second kappa shape index (κ2) is 6.21. The van der Waals surface area contributed by atoms with E-state index in [1.165, 1.54) is 0 Å². The van der Waals surface area contributed by atoms with Gasteiger partial charge in [0.15, 0.2) is 0 Å². The number of rotatable bonds is 4. The zero-order chi connectivity index (χ0) is 12.1. The minimum Gasteiger partial charge on any atom is -0.481 e. The highest BCUT2D eigenvalue weighted by molar-refractivity contribution is 5.67. The Morgan fingerprint density at radius 3 is 2.81 bits per heavy atom. The molecule has 0 aromatic carbocycles. The molecule has 1 rings (SSSR count). The van der Waals surface area contributed by atoms with Crippen molar-refractivity contribution < 1.29 is 9.90 Å². The number of carbonyl (C=O) groups is 1. The number of aliphatic carboxylic acids is 1. The molecule has 16 heavy (non-hydrogen) atoms. The van der Waals surface area contributed by atoms with Crippen LogP contribution in [0.4, 0.5) is 0 Å². The molecule has 2 atom stereocenters. The van der Waals surface area contributed by atoms with E-state index >= 15 is 0 Å². The molecule has 0 aliphatic carbocycles. The Balaban J connectivity index is 2.68. The maximum absolute atomic E-state index is 10.9. The number of hydrogen-bond acceptors (Lipinski definition) is 3.